The number of carbonyl (C=O) groups is 1. The van der Waals surface area contributed by atoms with Gasteiger partial charge in [0.1, 0.15) is 17.3 Å². The molecular weight excluding hydrogens is 340 g/mol. The summed E-state index contributed by atoms with van der Waals surface area (Å²) in [6.45, 7) is 3.34. The molecule has 0 aromatic heterocycles. The Morgan fingerprint density at radius 2 is 1.73 bits per heavy atom. The molecule has 2 aromatic carbocycles. The first-order chi connectivity index (χ1) is 12.6. The summed E-state index contributed by atoms with van der Waals surface area (Å²) in [5.74, 6) is -2.03. The van der Waals surface area contributed by atoms with E-state index in [0.717, 1.165) is 36.6 Å². The second kappa shape index (κ2) is 8.62. The molecule has 7 heteroatoms. The summed E-state index contributed by atoms with van der Waals surface area (Å²) in [6, 6.07) is 11.3. The highest BCUT2D eigenvalue weighted by Crippen LogP contribution is 2.26. The van der Waals surface area contributed by atoms with Crippen LogP contribution in [0.4, 0.5) is 25.8 Å². The molecule has 1 saturated heterocycles. The lowest BCUT2D eigenvalue weighted by Gasteiger charge is -2.30. The molecule has 0 aliphatic carbocycles. The number of para-hydroxylation sites is 3. The van der Waals surface area contributed by atoms with E-state index in [4.69, 9.17) is 4.74 Å². The zero-order valence-corrected chi connectivity index (χ0v) is 14.3. The van der Waals surface area contributed by atoms with E-state index in [9.17, 15) is 13.6 Å². The zero-order valence-electron chi connectivity index (χ0n) is 14.3. The topological polar surface area (TPSA) is 53.6 Å². The maximum Gasteiger partial charge on any atom is 0.226 e. The molecule has 0 unspecified atom stereocenters. The van der Waals surface area contributed by atoms with Gasteiger partial charge < -0.3 is 20.3 Å². The molecule has 1 aliphatic rings. The van der Waals surface area contributed by atoms with Crippen molar-refractivity contribution in [3.05, 3.63) is 54.1 Å². The van der Waals surface area contributed by atoms with Crippen molar-refractivity contribution >= 4 is 23.0 Å². The van der Waals surface area contributed by atoms with Crippen LogP contribution in [0.25, 0.3) is 0 Å². The van der Waals surface area contributed by atoms with Gasteiger partial charge in [0.25, 0.3) is 0 Å². The standard InChI is InChI=1S/C19H21F2N3O2/c20-14-4-3-5-15(21)19(14)23-18(25)8-9-22-16-6-1-2-7-17(16)24-10-12-26-13-11-24/h1-7,22H,8-13H2,(H,23,25). The number of rotatable bonds is 6. The second-order valence-electron chi connectivity index (χ2n) is 5.94. The highest BCUT2D eigenvalue weighted by Gasteiger charge is 2.15. The fourth-order valence-corrected chi connectivity index (χ4v) is 2.83. The molecule has 2 aromatic rings. The van der Waals surface area contributed by atoms with Gasteiger partial charge in [0, 0.05) is 26.1 Å². The number of hydrogen-bond donors (Lipinski definition) is 2. The van der Waals surface area contributed by atoms with Gasteiger partial charge in [0.05, 0.1) is 24.6 Å². The predicted octanol–water partition coefficient (Wildman–Crippen LogP) is 3.24. The first kappa shape index (κ1) is 18.1. The fraction of sp³-hybridized carbons (Fsp3) is 0.316. The highest BCUT2D eigenvalue weighted by atomic mass is 19.1. The Labute approximate surface area is 151 Å². The van der Waals surface area contributed by atoms with E-state index in [1.54, 1.807) is 0 Å². The van der Waals surface area contributed by atoms with Gasteiger partial charge in [0.2, 0.25) is 5.91 Å². The Kier molecular flexibility index (Phi) is 6.01. The van der Waals surface area contributed by atoms with Crippen molar-refractivity contribution in [3.63, 3.8) is 0 Å². The van der Waals surface area contributed by atoms with Gasteiger partial charge in [-0.15, -0.1) is 0 Å². The molecule has 2 N–H and O–H groups in total. The molecule has 1 fully saturated rings. The Balaban J connectivity index is 1.56. The lowest BCUT2D eigenvalue weighted by Crippen LogP contribution is -2.36. The van der Waals surface area contributed by atoms with Crippen LogP contribution in [-0.4, -0.2) is 38.8 Å². The molecule has 0 spiro atoms. The van der Waals surface area contributed by atoms with Crippen LogP contribution in [0.2, 0.25) is 0 Å². The SMILES string of the molecule is O=C(CCNc1ccccc1N1CCOCC1)Nc1c(F)cccc1F. The summed E-state index contributed by atoms with van der Waals surface area (Å²) in [4.78, 5) is 14.2. The number of hydrogen-bond acceptors (Lipinski definition) is 4. The van der Waals surface area contributed by atoms with Crippen LogP contribution in [0.1, 0.15) is 6.42 Å². The number of ether oxygens (including phenoxy) is 1. The van der Waals surface area contributed by atoms with Crippen molar-refractivity contribution < 1.29 is 18.3 Å². The Hall–Kier alpha value is -2.67. The van der Waals surface area contributed by atoms with Gasteiger partial charge in [0.15, 0.2) is 0 Å². The number of nitrogens with zero attached hydrogens (tertiary/aromatic N) is 1. The number of halogens is 2. The van der Waals surface area contributed by atoms with Crippen molar-refractivity contribution in [1.29, 1.82) is 0 Å². The molecular formula is C19H21F2N3O2. The molecule has 1 aliphatic heterocycles. The van der Waals surface area contributed by atoms with Crippen LogP contribution in [0, 0.1) is 11.6 Å². The summed E-state index contributed by atoms with van der Waals surface area (Å²) in [7, 11) is 0. The minimum Gasteiger partial charge on any atom is -0.383 e. The summed E-state index contributed by atoms with van der Waals surface area (Å²) in [5, 5.41) is 5.51. The van der Waals surface area contributed by atoms with E-state index in [1.165, 1.54) is 6.07 Å². The van der Waals surface area contributed by atoms with Crippen molar-refractivity contribution in [2.45, 2.75) is 6.42 Å². The van der Waals surface area contributed by atoms with E-state index < -0.39 is 23.2 Å². The summed E-state index contributed by atoms with van der Waals surface area (Å²) < 4.78 is 32.5. The van der Waals surface area contributed by atoms with Crippen LogP contribution in [0.3, 0.4) is 0 Å². The predicted molar refractivity (Wildman–Crippen MR) is 97.6 cm³/mol. The summed E-state index contributed by atoms with van der Waals surface area (Å²) in [6.07, 6.45) is 0.0885. The van der Waals surface area contributed by atoms with Gasteiger partial charge in [-0.05, 0) is 24.3 Å². The molecule has 1 heterocycles. The van der Waals surface area contributed by atoms with Gasteiger partial charge in [-0.1, -0.05) is 18.2 Å². The maximum absolute atomic E-state index is 13.6. The van der Waals surface area contributed by atoms with Crippen molar-refractivity contribution in [2.75, 3.05) is 48.4 Å². The minimum atomic E-state index is -0.788. The third-order valence-corrected chi connectivity index (χ3v) is 4.15. The first-order valence-corrected chi connectivity index (χ1v) is 8.54. The van der Waals surface area contributed by atoms with E-state index in [-0.39, 0.29) is 6.42 Å². The maximum atomic E-state index is 13.6. The van der Waals surface area contributed by atoms with Crippen LogP contribution >= 0.6 is 0 Å². The van der Waals surface area contributed by atoms with Crippen molar-refractivity contribution in [3.8, 4) is 0 Å². The number of carbonyl (C=O) groups excluding carboxylic acids is 1. The van der Waals surface area contributed by atoms with Crippen LogP contribution in [-0.2, 0) is 9.53 Å². The lowest BCUT2D eigenvalue weighted by atomic mass is 10.2. The molecule has 1 amide bonds. The number of morpholine rings is 1. The third-order valence-electron chi connectivity index (χ3n) is 4.15. The number of anilines is 3. The van der Waals surface area contributed by atoms with E-state index in [2.05, 4.69) is 15.5 Å². The Morgan fingerprint density at radius 1 is 1.04 bits per heavy atom. The molecule has 26 heavy (non-hydrogen) atoms. The zero-order chi connectivity index (χ0) is 18.4. The highest BCUT2D eigenvalue weighted by molar-refractivity contribution is 5.91. The molecule has 0 bridgehead atoms. The number of benzene rings is 2. The van der Waals surface area contributed by atoms with E-state index in [1.807, 2.05) is 24.3 Å². The van der Waals surface area contributed by atoms with Crippen LogP contribution < -0.4 is 15.5 Å². The first-order valence-electron chi connectivity index (χ1n) is 8.54. The smallest absolute Gasteiger partial charge is 0.226 e. The Bertz CT molecular complexity index is 744. The molecule has 138 valence electrons. The quantitative estimate of drug-likeness (QED) is 0.829. The number of nitrogens with one attached hydrogen (secondary N) is 2. The van der Waals surface area contributed by atoms with Gasteiger partial charge >= 0.3 is 0 Å². The third kappa shape index (κ3) is 4.49. The van der Waals surface area contributed by atoms with Crippen LogP contribution in [0.5, 0.6) is 0 Å². The Morgan fingerprint density at radius 3 is 2.46 bits per heavy atom. The normalized spacial score (nSPS) is 14.2. The van der Waals surface area contributed by atoms with Gasteiger partial charge in [-0.3, -0.25) is 4.79 Å². The molecule has 0 saturated carbocycles. The average Bonchev–Trinajstić information content (AvgIpc) is 2.66. The van der Waals surface area contributed by atoms with Gasteiger partial charge in [-0.25, -0.2) is 8.78 Å². The van der Waals surface area contributed by atoms with E-state index >= 15 is 0 Å². The summed E-state index contributed by atoms with van der Waals surface area (Å²) in [5.41, 5.74) is 1.56. The van der Waals surface area contributed by atoms with Crippen molar-refractivity contribution in [2.24, 2.45) is 0 Å². The second-order valence-corrected chi connectivity index (χ2v) is 5.94. The monoisotopic (exact) mass is 361 g/mol. The lowest BCUT2D eigenvalue weighted by molar-refractivity contribution is -0.116. The minimum absolute atomic E-state index is 0.0885. The summed E-state index contributed by atoms with van der Waals surface area (Å²) >= 11 is 0. The molecule has 5 nitrogen and oxygen atoms in total. The van der Waals surface area contributed by atoms with Gasteiger partial charge in [-0.2, -0.15) is 0 Å². The largest absolute Gasteiger partial charge is 0.383 e. The molecule has 3 rings (SSSR count). The van der Waals surface area contributed by atoms with Crippen molar-refractivity contribution in [1.82, 2.24) is 0 Å². The van der Waals surface area contributed by atoms with Crippen LogP contribution in [0.15, 0.2) is 42.5 Å². The number of amides is 1. The molecule has 0 atom stereocenters. The van der Waals surface area contributed by atoms with E-state index in [0.29, 0.717) is 19.8 Å². The average molecular weight is 361 g/mol. The fourth-order valence-electron chi connectivity index (χ4n) is 2.83. The molecule has 0 radical (unpaired) electrons.